The number of carboxylic acids is 2. The Balaban J connectivity index is -0.000000282. The van der Waals surface area contributed by atoms with Gasteiger partial charge in [0, 0.05) is 11.5 Å². The van der Waals surface area contributed by atoms with Gasteiger partial charge in [-0.3, -0.25) is 9.59 Å². The second kappa shape index (κ2) is 14.2. The van der Waals surface area contributed by atoms with Crippen LogP contribution in [0.25, 0.3) is 0 Å². The number of hydrogen-bond acceptors (Lipinski definition) is 6. The highest BCUT2D eigenvalue weighted by atomic mass is 35.5. The SMILES string of the molecule is Cl.Cl.NC(CSSCC(N)C(=O)O)C(=O)O.O. The second-order valence-corrected chi connectivity index (χ2v) is 5.01. The quantitative estimate of drug-likeness (QED) is 0.349. The van der Waals surface area contributed by atoms with Gasteiger partial charge in [-0.05, 0) is 0 Å². The van der Waals surface area contributed by atoms with Gasteiger partial charge in [0.1, 0.15) is 12.1 Å². The van der Waals surface area contributed by atoms with Crippen molar-refractivity contribution in [3.05, 3.63) is 0 Å². The highest BCUT2D eigenvalue weighted by Gasteiger charge is 2.14. The molecule has 11 heteroatoms. The zero-order valence-corrected chi connectivity index (χ0v) is 11.8. The summed E-state index contributed by atoms with van der Waals surface area (Å²) in [6, 6.07) is -1.85. The molecule has 0 aliphatic rings. The van der Waals surface area contributed by atoms with Gasteiger partial charge in [-0.2, -0.15) is 0 Å². The summed E-state index contributed by atoms with van der Waals surface area (Å²) in [4.78, 5) is 20.5. The van der Waals surface area contributed by atoms with Crippen LogP contribution in [0.2, 0.25) is 0 Å². The molecule has 0 aliphatic heterocycles. The second-order valence-electron chi connectivity index (χ2n) is 2.46. The van der Waals surface area contributed by atoms with Gasteiger partial charge in [0.25, 0.3) is 0 Å². The molecule has 0 amide bonds. The molecule has 2 atom stereocenters. The molecule has 8 N–H and O–H groups in total. The average Bonchev–Trinajstić information content (AvgIpc) is 2.11. The van der Waals surface area contributed by atoms with Crippen LogP contribution in [0.15, 0.2) is 0 Å². The molecule has 0 saturated carbocycles. The third kappa shape index (κ3) is 14.0. The fourth-order valence-corrected chi connectivity index (χ4v) is 2.61. The molecule has 17 heavy (non-hydrogen) atoms. The van der Waals surface area contributed by atoms with E-state index < -0.39 is 24.0 Å². The van der Waals surface area contributed by atoms with E-state index in [1.54, 1.807) is 0 Å². The first-order chi connectivity index (χ1) is 6.45. The number of rotatable bonds is 7. The van der Waals surface area contributed by atoms with Crippen LogP contribution in [0.3, 0.4) is 0 Å². The van der Waals surface area contributed by atoms with Crippen molar-refractivity contribution in [2.45, 2.75) is 12.1 Å². The van der Waals surface area contributed by atoms with Crippen molar-refractivity contribution in [3.63, 3.8) is 0 Å². The summed E-state index contributed by atoms with van der Waals surface area (Å²) >= 11 is 0. The number of carboxylic acid groups (broad SMARTS) is 2. The van der Waals surface area contributed by atoms with E-state index in [-0.39, 0.29) is 41.8 Å². The largest absolute Gasteiger partial charge is 0.480 e. The molecule has 7 nitrogen and oxygen atoms in total. The van der Waals surface area contributed by atoms with E-state index >= 15 is 0 Å². The predicted molar refractivity (Wildman–Crippen MR) is 74.2 cm³/mol. The monoisotopic (exact) mass is 330 g/mol. The molecule has 0 spiro atoms. The number of carbonyl (C=O) groups is 2. The highest BCUT2D eigenvalue weighted by Crippen LogP contribution is 2.22. The first-order valence-corrected chi connectivity index (χ1v) is 6.15. The minimum atomic E-state index is -1.07. The van der Waals surface area contributed by atoms with Gasteiger partial charge in [-0.25, -0.2) is 0 Å². The van der Waals surface area contributed by atoms with Crippen LogP contribution in [0.5, 0.6) is 0 Å². The highest BCUT2D eigenvalue weighted by molar-refractivity contribution is 8.76. The van der Waals surface area contributed by atoms with Gasteiger partial charge in [0.2, 0.25) is 0 Å². The van der Waals surface area contributed by atoms with E-state index in [1.165, 1.54) is 21.6 Å². The first kappa shape index (κ1) is 25.8. The molecule has 0 fully saturated rings. The molecule has 0 aromatic heterocycles. The third-order valence-electron chi connectivity index (χ3n) is 1.21. The topological polar surface area (TPSA) is 158 Å². The Hall–Kier alpha value is 0.1000. The van der Waals surface area contributed by atoms with Gasteiger partial charge < -0.3 is 27.2 Å². The van der Waals surface area contributed by atoms with Gasteiger partial charge in [-0.1, -0.05) is 21.6 Å². The standard InChI is InChI=1S/C6H12N2O4S2.2ClH.H2O/c7-3(5(9)10)1-13-14-2-4(8)6(11)12;;;/h3-4H,1-2,7-8H2,(H,9,10)(H,11,12);2*1H;1H2. The van der Waals surface area contributed by atoms with Crippen LogP contribution in [-0.2, 0) is 9.59 Å². The third-order valence-corrected chi connectivity index (χ3v) is 3.69. The average molecular weight is 331 g/mol. The molecule has 0 aliphatic carbocycles. The van der Waals surface area contributed by atoms with E-state index in [4.69, 9.17) is 21.7 Å². The van der Waals surface area contributed by atoms with Crippen molar-refractivity contribution >= 4 is 58.3 Å². The lowest BCUT2D eigenvalue weighted by molar-refractivity contribution is -0.138. The van der Waals surface area contributed by atoms with Crippen molar-refractivity contribution in [1.82, 2.24) is 0 Å². The van der Waals surface area contributed by atoms with Gasteiger partial charge in [0.05, 0.1) is 0 Å². The summed E-state index contributed by atoms with van der Waals surface area (Å²) in [5.41, 5.74) is 10.4. The Bertz CT molecular complexity index is 203. The van der Waals surface area contributed by atoms with Crippen LogP contribution in [-0.4, -0.2) is 51.2 Å². The Labute approximate surface area is 119 Å². The number of aliphatic carboxylic acids is 2. The molecule has 2 unspecified atom stereocenters. The smallest absolute Gasteiger partial charge is 0.321 e. The number of halogens is 2. The van der Waals surface area contributed by atoms with Crippen LogP contribution >= 0.6 is 46.4 Å². The molecule has 0 radical (unpaired) electrons. The first-order valence-electron chi connectivity index (χ1n) is 3.66. The minimum absolute atomic E-state index is 0. The number of nitrogens with two attached hydrogens (primary N) is 2. The Morgan fingerprint density at radius 1 is 0.941 bits per heavy atom. The molecule has 0 rings (SSSR count). The van der Waals surface area contributed by atoms with Crippen LogP contribution in [0.4, 0.5) is 0 Å². The lowest BCUT2D eigenvalue weighted by Gasteiger charge is -2.07. The maximum absolute atomic E-state index is 10.3. The van der Waals surface area contributed by atoms with Crippen molar-refractivity contribution in [3.8, 4) is 0 Å². The molecule has 0 aromatic rings. The van der Waals surface area contributed by atoms with Crippen molar-refractivity contribution < 1.29 is 25.3 Å². The van der Waals surface area contributed by atoms with E-state index in [0.717, 1.165) is 0 Å². The summed E-state index contributed by atoms with van der Waals surface area (Å²) in [7, 11) is 2.41. The fourth-order valence-electron chi connectivity index (χ4n) is 0.385. The summed E-state index contributed by atoms with van der Waals surface area (Å²) in [5.74, 6) is -1.68. The maximum atomic E-state index is 10.3. The van der Waals surface area contributed by atoms with Gasteiger partial charge in [0.15, 0.2) is 0 Å². The fraction of sp³-hybridized carbons (Fsp3) is 0.667. The number of hydrogen-bond donors (Lipinski definition) is 4. The van der Waals surface area contributed by atoms with Crippen LogP contribution in [0.1, 0.15) is 0 Å². The Morgan fingerprint density at radius 2 is 1.18 bits per heavy atom. The predicted octanol–water partition coefficient (Wildman–Crippen LogP) is -0.789. The lowest BCUT2D eigenvalue weighted by atomic mass is 10.4. The minimum Gasteiger partial charge on any atom is -0.480 e. The summed E-state index contributed by atoms with van der Waals surface area (Å²) in [5, 5.41) is 16.8. The van der Waals surface area contributed by atoms with Gasteiger partial charge >= 0.3 is 11.9 Å². The van der Waals surface area contributed by atoms with Crippen molar-refractivity contribution in [2.75, 3.05) is 11.5 Å². The summed E-state index contributed by atoms with van der Waals surface area (Å²) in [6.07, 6.45) is 0. The Kier molecular flexibility index (Phi) is 21.5. The molecule has 106 valence electrons. The van der Waals surface area contributed by atoms with E-state index in [0.29, 0.717) is 0 Å². The molecule has 0 bridgehead atoms. The molecular weight excluding hydrogens is 315 g/mol. The van der Waals surface area contributed by atoms with Crippen LogP contribution < -0.4 is 11.5 Å². The normalized spacial score (nSPS) is 12.1. The molecule has 0 heterocycles. The van der Waals surface area contributed by atoms with E-state index in [1.807, 2.05) is 0 Å². The molecular formula is C6H16Cl2N2O5S2. The molecule has 0 aromatic carbocycles. The zero-order valence-electron chi connectivity index (χ0n) is 8.57. The lowest BCUT2D eigenvalue weighted by Crippen LogP contribution is -2.33. The summed E-state index contributed by atoms with van der Waals surface area (Å²) in [6.45, 7) is 0. The van der Waals surface area contributed by atoms with Gasteiger partial charge in [-0.15, -0.1) is 24.8 Å². The molecule has 0 saturated heterocycles. The van der Waals surface area contributed by atoms with Crippen molar-refractivity contribution in [1.29, 1.82) is 0 Å². The van der Waals surface area contributed by atoms with E-state index in [9.17, 15) is 9.59 Å². The Morgan fingerprint density at radius 3 is 1.35 bits per heavy atom. The van der Waals surface area contributed by atoms with Crippen molar-refractivity contribution in [2.24, 2.45) is 11.5 Å². The maximum Gasteiger partial charge on any atom is 0.321 e. The summed E-state index contributed by atoms with van der Waals surface area (Å²) < 4.78 is 0. The van der Waals surface area contributed by atoms with E-state index in [2.05, 4.69) is 0 Å². The zero-order chi connectivity index (χ0) is 11.1. The van der Waals surface area contributed by atoms with Crippen LogP contribution in [0, 0.1) is 0 Å².